The summed E-state index contributed by atoms with van der Waals surface area (Å²) in [5.41, 5.74) is 1.65. The first-order valence-corrected chi connectivity index (χ1v) is 19.5. The van der Waals surface area contributed by atoms with Gasteiger partial charge in [0.15, 0.2) is 0 Å². The molecule has 2 fully saturated rings. The molecule has 23 heavy (non-hydrogen) atoms. The molecule has 1 aromatic carbocycles. The number of aliphatic hydroxyl groups excluding tert-OH is 1. The van der Waals surface area contributed by atoms with Crippen LogP contribution in [-0.4, -0.2) is 53.6 Å². The molecule has 3 rings (SSSR count). The molecule has 1 saturated carbocycles. The van der Waals surface area contributed by atoms with E-state index in [0.717, 1.165) is 12.3 Å². The Bertz CT molecular complexity index is 517. The van der Waals surface area contributed by atoms with Crippen molar-refractivity contribution in [3.63, 3.8) is 0 Å². The van der Waals surface area contributed by atoms with Crippen LogP contribution in [0.1, 0.15) is 50.0 Å². The van der Waals surface area contributed by atoms with Crippen molar-refractivity contribution < 1.29 is 5.11 Å². The molecule has 1 aromatic rings. The van der Waals surface area contributed by atoms with Gasteiger partial charge in [-0.15, -0.1) is 0 Å². The van der Waals surface area contributed by atoms with Crippen molar-refractivity contribution in [2.24, 2.45) is 0 Å². The van der Waals surface area contributed by atoms with Crippen molar-refractivity contribution in [1.29, 1.82) is 0 Å². The quantitative estimate of drug-likeness (QED) is 0.751. The van der Waals surface area contributed by atoms with Crippen molar-refractivity contribution in [2.45, 2.75) is 71.4 Å². The molecule has 2 nitrogen and oxygen atoms in total. The van der Waals surface area contributed by atoms with Gasteiger partial charge in [0.1, 0.15) is 0 Å². The molecule has 0 radical (unpaired) electrons. The molecule has 3 heteroatoms. The third-order valence-corrected chi connectivity index (χ3v) is 11.8. The summed E-state index contributed by atoms with van der Waals surface area (Å²) >= 11 is -2.04. The summed E-state index contributed by atoms with van der Waals surface area (Å²) < 4.78 is 1.72. The Morgan fingerprint density at radius 1 is 0.957 bits per heavy atom. The van der Waals surface area contributed by atoms with Gasteiger partial charge in [-0.1, -0.05) is 0 Å². The molecule has 128 valence electrons. The van der Waals surface area contributed by atoms with Crippen LogP contribution in [0.4, 0.5) is 0 Å². The zero-order valence-electron chi connectivity index (χ0n) is 15.1. The SMILES string of the molecule is [CH3][Sn]([CH3])([CH3])[c]1ccccc1C1CCN(C2CCCCC2O)CC1. The summed E-state index contributed by atoms with van der Waals surface area (Å²) in [6.45, 7) is 2.33. The molecular formula is C20H33NOSn. The second-order valence-electron chi connectivity index (χ2n) is 8.57. The van der Waals surface area contributed by atoms with Crippen LogP contribution < -0.4 is 3.58 Å². The van der Waals surface area contributed by atoms with Crippen molar-refractivity contribution in [3.8, 4) is 0 Å². The molecule has 1 aliphatic carbocycles. The predicted octanol–water partition coefficient (Wildman–Crippen LogP) is 3.71. The minimum atomic E-state index is -2.04. The molecule has 0 amide bonds. The van der Waals surface area contributed by atoms with E-state index in [0.29, 0.717) is 6.04 Å². The van der Waals surface area contributed by atoms with Gasteiger partial charge in [-0.05, 0) is 0 Å². The number of rotatable bonds is 3. The monoisotopic (exact) mass is 423 g/mol. The Labute approximate surface area is 146 Å². The van der Waals surface area contributed by atoms with Crippen LogP contribution in [0.5, 0.6) is 0 Å². The van der Waals surface area contributed by atoms with Crippen LogP contribution in [0, 0.1) is 0 Å². The van der Waals surface area contributed by atoms with Gasteiger partial charge in [-0.25, -0.2) is 0 Å². The number of aliphatic hydroxyl groups is 1. The molecule has 1 N–H and O–H groups in total. The Hall–Kier alpha value is -0.0613. The number of hydrogen-bond donors (Lipinski definition) is 1. The standard InChI is InChI=1S/C17H24NO.3CH3.Sn/c19-17-9-5-4-8-16(17)18-12-10-15(11-13-18)14-6-2-1-3-7-14;;;;/h1-3,6,15-17,19H,4-5,8-13H2;3*1H3;. The van der Waals surface area contributed by atoms with Crippen LogP contribution in [0.2, 0.25) is 14.8 Å². The van der Waals surface area contributed by atoms with Crippen LogP contribution >= 0.6 is 0 Å². The molecule has 2 atom stereocenters. The molecule has 1 aliphatic heterocycles. The average Bonchev–Trinajstić information content (AvgIpc) is 2.55. The Morgan fingerprint density at radius 3 is 2.26 bits per heavy atom. The number of nitrogens with zero attached hydrogens (tertiary/aromatic N) is 1. The molecule has 0 spiro atoms. The number of likely N-dealkylation sites (tertiary alicyclic amines) is 1. The van der Waals surface area contributed by atoms with E-state index in [-0.39, 0.29) is 6.10 Å². The third-order valence-electron chi connectivity index (χ3n) is 5.90. The third kappa shape index (κ3) is 4.13. The van der Waals surface area contributed by atoms with Crippen LogP contribution in [-0.2, 0) is 0 Å². The van der Waals surface area contributed by atoms with E-state index in [1.807, 2.05) is 0 Å². The summed E-state index contributed by atoms with van der Waals surface area (Å²) in [6, 6.07) is 9.69. The fraction of sp³-hybridized carbons (Fsp3) is 0.700. The molecule has 2 aliphatic rings. The van der Waals surface area contributed by atoms with Gasteiger partial charge in [-0.3, -0.25) is 0 Å². The van der Waals surface area contributed by atoms with Gasteiger partial charge >= 0.3 is 146 Å². The Kier molecular flexibility index (Phi) is 5.75. The molecule has 2 unspecified atom stereocenters. The normalized spacial score (nSPS) is 28.0. The van der Waals surface area contributed by atoms with Crippen LogP contribution in [0.3, 0.4) is 0 Å². The number of hydrogen-bond acceptors (Lipinski definition) is 2. The second-order valence-corrected chi connectivity index (χ2v) is 22.9. The van der Waals surface area contributed by atoms with E-state index in [4.69, 9.17) is 0 Å². The van der Waals surface area contributed by atoms with Gasteiger partial charge in [-0.2, -0.15) is 0 Å². The molecular weight excluding hydrogens is 389 g/mol. The van der Waals surface area contributed by atoms with E-state index in [9.17, 15) is 5.11 Å². The zero-order valence-corrected chi connectivity index (χ0v) is 17.9. The first-order valence-electron chi connectivity index (χ1n) is 9.48. The van der Waals surface area contributed by atoms with Gasteiger partial charge in [0.05, 0.1) is 0 Å². The second kappa shape index (κ2) is 7.45. The van der Waals surface area contributed by atoms with E-state index < -0.39 is 18.4 Å². The Balaban J connectivity index is 1.68. The van der Waals surface area contributed by atoms with E-state index in [1.165, 1.54) is 45.2 Å². The summed E-state index contributed by atoms with van der Waals surface area (Å²) in [5.74, 6) is 0.735. The van der Waals surface area contributed by atoms with E-state index >= 15 is 0 Å². The van der Waals surface area contributed by atoms with Gasteiger partial charge in [0.25, 0.3) is 0 Å². The first kappa shape index (κ1) is 17.8. The van der Waals surface area contributed by atoms with Crippen molar-refractivity contribution in [2.75, 3.05) is 13.1 Å². The average molecular weight is 422 g/mol. The van der Waals surface area contributed by atoms with E-state index in [2.05, 4.69) is 44.0 Å². The van der Waals surface area contributed by atoms with Gasteiger partial charge in [0, 0.05) is 0 Å². The molecule has 1 heterocycles. The summed E-state index contributed by atoms with van der Waals surface area (Å²) in [5, 5.41) is 10.3. The summed E-state index contributed by atoms with van der Waals surface area (Å²) in [4.78, 5) is 10.2. The van der Waals surface area contributed by atoms with Gasteiger partial charge in [0.2, 0.25) is 0 Å². The Morgan fingerprint density at radius 2 is 1.61 bits per heavy atom. The van der Waals surface area contributed by atoms with Crippen LogP contribution in [0.25, 0.3) is 0 Å². The van der Waals surface area contributed by atoms with E-state index in [1.54, 1.807) is 9.14 Å². The molecule has 0 aromatic heterocycles. The van der Waals surface area contributed by atoms with Crippen molar-refractivity contribution >= 4 is 22.0 Å². The topological polar surface area (TPSA) is 23.5 Å². The first-order chi connectivity index (χ1) is 11.0. The van der Waals surface area contributed by atoms with Crippen molar-refractivity contribution in [3.05, 3.63) is 29.8 Å². The maximum atomic E-state index is 10.3. The van der Waals surface area contributed by atoms with Crippen molar-refractivity contribution in [1.82, 2.24) is 4.90 Å². The fourth-order valence-corrected chi connectivity index (χ4v) is 9.59. The maximum absolute atomic E-state index is 10.3. The molecule has 0 bridgehead atoms. The van der Waals surface area contributed by atoms with Gasteiger partial charge < -0.3 is 0 Å². The number of piperidine rings is 1. The zero-order chi connectivity index (χ0) is 16.4. The summed E-state index contributed by atoms with van der Waals surface area (Å²) in [6.07, 6.45) is 7.15. The summed E-state index contributed by atoms with van der Waals surface area (Å²) in [7, 11) is 0. The molecule has 1 saturated heterocycles. The number of benzene rings is 1. The minimum absolute atomic E-state index is 0.0849. The predicted molar refractivity (Wildman–Crippen MR) is 101 cm³/mol. The van der Waals surface area contributed by atoms with Crippen LogP contribution in [0.15, 0.2) is 24.3 Å². The fourth-order valence-electron chi connectivity index (χ4n) is 4.60.